The summed E-state index contributed by atoms with van der Waals surface area (Å²) in [5, 5.41) is 45.2. The number of ether oxygens (including phenoxy) is 5. The molecule has 6 aromatic heterocycles. The summed E-state index contributed by atoms with van der Waals surface area (Å²) in [5.74, 6) is -1.64. The van der Waals surface area contributed by atoms with Gasteiger partial charge < -0.3 is 124 Å². The quantitative estimate of drug-likeness (QED) is 0.0251. The van der Waals surface area contributed by atoms with Gasteiger partial charge in [0.15, 0.2) is 46.9 Å². The van der Waals surface area contributed by atoms with Gasteiger partial charge in [-0.2, -0.15) is 4.98 Å². The van der Waals surface area contributed by atoms with E-state index in [2.05, 4.69) is 53.0 Å². The van der Waals surface area contributed by atoms with E-state index in [0.717, 1.165) is 46.9 Å². The number of nitrogen functional groups attached to an aromatic ring is 3. The van der Waals surface area contributed by atoms with Gasteiger partial charge in [0.25, 0.3) is 42.8 Å². The minimum absolute atomic E-state index is 0. The first kappa shape index (κ1) is 65.5. The number of phosphoric ester groups is 3. The molecule has 9 heterocycles. The Morgan fingerprint density at radius 1 is 0.688 bits per heavy atom. The van der Waals surface area contributed by atoms with E-state index in [4.69, 9.17) is 54.5 Å². The number of methoxy groups -OCH3 is 2. The number of quaternary nitrogens is 4. The summed E-state index contributed by atoms with van der Waals surface area (Å²) in [7, 11) is -21.2. The first-order valence-electron chi connectivity index (χ1n) is 21.4. The Labute approximate surface area is 446 Å². The maximum atomic E-state index is 13.6. The van der Waals surface area contributed by atoms with E-state index in [1.54, 1.807) is 0 Å². The molecule has 9 rings (SSSR count). The van der Waals surface area contributed by atoms with E-state index in [9.17, 15) is 63.1 Å². The van der Waals surface area contributed by atoms with Crippen LogP contribution in [0.4, 0.5) is 17.7 Å². The fraction of sp³-hybridized carbons (Fsp3) is 0.545. The SMILES string of the molecule is CO[C@@H]1[C@H](OP(=O)([O-])OC[C@H]2O[C@@H](n3cnc4c(=O)[nH]c(N)nc43)[C@H](O)[C@@H]2O)[C@@H](COP(=O)([O-])OP(=O)([O-])OP(=O)([O-])OC[C@H]2O[C@@H]([n+]3cn(C)c4c([O-])nc(N)nc43)[C@H](O)[C@@H]2OC)O[C@H]1n1cnc2c(N)ncnc21.[NH4+].[NH4+].[NH4+].[NH4+]. The first-order chi connectivity index (χ1) is 35.7. The number of nitrogens with zero attached hydrogens (tertiary/aromatic N) is 11. The third kappa shape index (κ3) is 13.0. The van der Waals surface area contributed by atoms with Crippen molar-refractivity contribution in [2.24, 2.45) is 7.05 Å². The van der Waals surface area contributed by atoms with Gasteiger partial charge in [-0.05, 0) is 0 Å². The van der Waals surface area contributed by atoms with E-state index in [-0.39, 0.29) is 69.9 Å². The van der Waals surface area contributed by atoms with Gasteiger partial charge in [0, 0.05) is 20.1 Å². The summed E-state index contributed by atoms with van der Waals surface area (Å²) in [4.78, 5) is 94.2. The number of phosphoric acid groups is 4. The number of anilines is 3. The predicted molar refractivity (Wildman–Crippen MR) is 255 cm³/mol. The fourth-order valence-corrected chi connectivity index (χ4v) is 12.8. The van der Waals surface area contributed by atoms with Gasteiger partial charge in [-0.15, -0.1) is 0 Å². The molecule has 0 aliphatic carbocycles. The number of aliphatic hydroxyl groups excluding tert-OH is 3. The topological polar surface area (TPSA) is 712 Å². The zero-order valence-electron chi connectivity index (χ0n) is 42.7. The molecule has 0 aromatic carbocycles. The van der Waals surface area contributed by atoms with Crippen LogP contribution in [0.25, 0.3) is 33.5 Å². The van der Waals surface area contributed by atoms with Gasteiger partial charge in [0.05, 0.1) is 39.5 Å². The number of hydrogen-bond donors (Lipinski definition) is 11. The second-order valence-corrected chi connectivity index (χ2v) is 22.4. The molecule has 0 spiro atoms. The van der Waals surface area contributed by atoms with Crippen LogP contribution in [0.3, 0.4) is 0 Å². The van der Waals surface area contributed by atoms with Crippen LogP contribution in [0.5, 0.6) is 5.88 Å². The molecular formula is C33H57N19O24P4. The molecule has 47 heteroatoms. The molecular weight excluding hydrogens is 1170 g/mol. The minimum atomic E-state index is -6.57. The third-order valence-electron chi connectivity index (χ3n) is 11.7. The normalized spacial score (nSPS) is 28.7. The summed E-state index contributed by atoms with van der Waals surface area (Å²) in [6.45, 7) is -3.58. The number of fused-ring (bicyclic) bond motifs is 3. The number of aryl methyl sites for hydroxylation is 1. The highest BCUT2D eigenvalue weighted by molar-refractivity contribution is 7.65. The summed E-state index contributed by atoms with van der Waals surface area (Å²) in [5.41, 5.74) is 15.9. The van der Waals surface area contributed by atoms with Crippen molar-refractivity contribution in [3.63, 3.8) is 0 Å². The lowest BCUT2D eigenvalue weighted by molar-refractivity contribution is -0.745. The predicted octanol–water partition coefficient (Wildman–Crippen LogP) is -5.30. The van der Waals surface area contributed by atoms with Gasteiger partial charge in [-0.1, -0.05) is 4.98 Å². The highest BCUT2D eigenvalue weighted by Crippen LogP contribution is 2.63. The number of aromatic amines is 1. The average Bonchev–Trinajstić information content (AvgIpc) is 4.18. The fourth-order valence-electron chi connectivity index (χ4n) is 8.49. The molecule has 3 saturated heterocycles. The van der Waals surface area contributed by atoms with Crippen molar-refractivity contribution in [3.05, 3.63) is 35.7 Å². The monoisotopic (exact) mass is 1230 g/mol. The van der Waals surface area contributed by atoms with Crippen molar-refractivity contribution < 1.29 is 113 Å². The highest BCUT2D eigenvalue weighted by Gasteiger charge is 2.52. The van der Waals surface area contributed by atoms with Crippen molar-refractivity contribution in [2.75, 3.05) is 51.2 Å². The lowest BCUT2D eigenvalue weighted by Gasteiger charge is -2.35. The van der Waals surface area contributed by atoms with Crippen LogP contribution in [-0.4, -0.2) is 158 Å². The maximum absolute atomic E-state index is 13.6. The lowest BCUT2D eigenvalue weighted by atomic mass is 10.1. The van der Waals surface area contributed by atoms with Crippen LogP contribution >= 0.6 is 31.3 Å². The third-order valence-corrected chi connectivity index (χ3v) is 16.8. The number of hydrogen-bond acceptors (Lipinski definition) is 34. The Morgan fingerprint density at radius 3 is 1.88 bits per heavy atom. The standard InChI is InChI=1S/C33H45N15O24P4.4H3N/c1-45-10-48(26-16(45)28(53)44-33(36)42-26)30-19(51)20(62-2)12(68-30)5-65-74(56,57)71-76(60,61)72-75(58,59)66-6-13-21(22(63-3)31(69-13)46-8-39-14-23(34)37-7-38-24(14)46)70-73(54,55)64-4-11-17(49)18(50)29(67-11)47-9-40-15-25(47)41-32(35)43-27(15)52;;;;/h7-13,17-22,29-31,49-51H,4-6H2,1-3H3,(H11-,34,35,36,37,38,41,42,43,44,52,53,54,55,56,57,58,59,60,61);4*1H3/t11-,12-,13-,17-,18-,19-,20-,21-,22-,29-,30-,31-;;;;/m1..../s1. The molecule has 80 heavy (non-hydrogen) atoms. The number of nitrogens with two attached hydrogens (primary N) is 3. The Hall–Kier alpha value is -5.31. The molecule has 0 saturated carbocycles. The Bertz CT molecular complexity index is 3430. The van der Waals surface area contributed by atoms with E-state index in [1.807, 2.05) is 0 Å². The molecule has 0 bridgehead atoms. The van der Waals surface area contributed by atoms with Crippen LogP contribution in [0, 0.1) is 0 Å². The van der Waals surface area contributed by atoms with Crippen LogP contribution in [-0.2, 0) is 75.7 Å². The van der Waals surface area contributed by atoms with Gasteiger partial charge >= 0.3 is 5.65 Å². The van der Waals surface area contributed by atoms with Crippen LogP contribution < -0.4 is 76.6 Å². The van der Waals surface area contributed by atoms with E-state index < -0.39 is 142 Å². The van der Waals surface area contributed by atoms with Crippen molar-refractivity contribution in [2.45, 2.75) is 73.6 Å². The summed E-state index contributed by atoms with van der Waals surface area (Å²) in [6, 6.07) is 0. The zero-order chi connectivity index (χ0) is 55.0. The second-order valence-electron chi connectivity index (χ2n) is 16.5. The Morgan fingerprint density at radius 2 is 1.25 bits per heavy atom. The smallest absolute Gasteiger partial charge is 0.309 e. The van der Waals surface area contributed by atoms with Crippen LogP contribution in [0.1, 0.15) is 18.7 Å². The van der Waals surface area contributed by atoms with Crippen LogP contribution in [0.2, 0.25) is 0 Å². The molecule has 3 aliphatic heterocycles. The van der Waals surface area contributed by atoms with Gasteiger partial charge in [-0.3, -0.25) is 41.7 Å². The molecule has 3 fully saturated rings. The average molecular weight is 1230 g/mol. The minimum Gasteiger partial charge on any atom is -0.856 e. The largest absolute Gasteiger partial charge is 0.856 e. The summed E-state index contributed by atoms with van der Waals surface area (Å²) >= 11 is 0. The molecule has 448 valence electrons. The number of aromatic nitrogens is 12. The number of aliphatic hydroxyl groups is 3. The van der Waals surface area contributed by atoms with Crippen molar-refractivity contribution in [3.8, 4) is 5.88 Å². The number of rotatable bonds is 20. The molecule has 0 radical (unpaired) electrons. The molecule has 3 aliphatic rings. The zero-order valence-corrected chi connectivity index (χ0v) is 46.3. The summed E-state index contributed by atoms with van der Waals surface area (Å²) in [6.07, 6.45) is -15.5. The van der Waals surface area contributed by atoms with Crippen molar-refractivity contribution in [1.29, 1.82) is 0 Å². The molecule has 16 atom stereocenters. The van der Waals surface area contributed by atoms with Gasteiger partial charge in [0.1, 0.15) is 66.8 Å². The first-order valence-corrected chi connectivity index (χ1v) is 27.3. The molecule has 4 unspecified atom stereocenters. The summed E-state index contributed by atoms with van der Waals surface area (Å²) < 4.78 is 113. The number of imidazole rings is 3. The van der Waals surface area contributed by atoms with Gasteiger partial charge in [0.2, 0.25) is 12.2 Å². The van der Waals surface area contributed by atoms with Gasteiger partial charge in [-0.25, -0.2) is 38.1 Å². The van der Waals surface area contributed by atoms with Crippen LogP contribution in [0.15, 0.2) is 30.1 Å². The van der Waals surface area contributed by atoms with Crippen molar-refractivity contribution in [1.82, 2.24) is 78.2 Å². The van der Waals surface area contributed by atoms with E-state index in [0.29, 0.717) is 0 Å². The number of H-pyrrole nitrogens is 1. The van der Waals surface area contributed by atoms with E-state index in [1.165, 1.54) is 17.9 Å². The lowest BCUT2D eigenvalue weighted by Crippen LogP contribution is -2.46. The van der Waals surface area contributed by atoms with Crippen molar-refractivity contribution >= 4 is 82.5 Å². The molecule has 43 nitrogen and oxygen atoms in total. The second kappa shape index (κ2) is 24.6. The number of nitrogens with one attached hydrogen (secondary N) is 1. The highest BCUT2D eigenvalue weighted by atomic mass is 31.3. The Balaban J connectivity index is 0.00000294. The molecule has 6 aromatic rings. The molecule has 0 amide bonds. The Kier molecular flexibility index (Phi) is 20.2. The van der Waals surface area contributed by atoms with E-state index >= 15 is 0 Å². The maximum Gasteiger partial charge on any atom is 0.309 e. The molecule has 26 N–H and O–H groups in total.